The molecule has 2 aliphatic rings. The molecule has 1 heterocycles. The number of fused-ring (bicyclic) bond motifs is 2. The molecule has 0 saturated carbocycles. The van der Waals surface area contributed by atoms with Gasteiger partial charge in [0.05, 0.1) is 12.2 Å². The molecule has 0 radical (unpaired) electrons. The molecule has 9 nitrogen and oxygen atoms in total. The zero-order valence-corrected chi connectivity index (χ0v) is 24.4. The molecule has 2 amide bonds. The van der Waals surface area contributed by atoms with Crippen molar-refractivity contribution in [3.63, 3.8) is 0 Å². The molecule has 1 aliphatic heterocycles. The Bertz CT molecular complexity index is 1030. The van der Waals surface area contributed by atoms with Crippen LogP contribution in [0, 0.1) is 23.7 Å². The first-order valence-corrected chi connectivity index (χ1v) is 13.5. The number of ether oxygens (including phenoxy) is 3. The fourth-order valence-electron chi connectivity index (χ4n) is 5.41. The number of carbonyl (C=O) groups excluding carboxylic acids is 2. The minimum absolute atomic E-state index is 0.00427. The van der Waals surface area contributed by atoms with E-state index < -0.39 is 42.5 Å². The van der Waals surface area contributed by atoms with Crippen molar-refractivity contribution < 1.29 is 34.0 Å². The molecule has 39 heavy (non-hydrogen) atoms. The van der Waals surface area contributed by atoms with Crippen molar-refractivity contribution in [3.8, 4) is 0 Å². The minimum Gasteiger partial charge on any atom is -0.439 e. The van der Waals surface area contributed by atoms with Gasteiger partial charge in [-0.3, -0.25) is 4.79 Å². The number of amides is 2. The molecule has 2 bridgehead atoms. The van der Waals surface area contributed by atoms with Crippen molar-refractivity contribution in [2.45, 2.75) is 78.5 Å². The molecule has 0 aromatic carbocycles. The van der Waals surface area contributed by atoms with E-state index in [1.165, 1.54) is 13.2 Å². The average molecular weight is 547 g/mol. The van der Waals surface area contributed by atoms with E-state index >= 15 is 0 Å². The Morgan fingerprint density at radius 1 is 1.00 bits per heavy atom. The molecule has 0 fully saturated rings. The van der Waals surface area contributed by atoms with Gasteiger partial charge in [0.2, 0.25) is 0 Å². The minimum atomic E-state index is -1.13. The van der Waals surface area contributed by atoms with Crippen molar-refractivity contribution in [2.24, 2.45) is 29.4 Å². The molecule has 2 rings (SSSR count). The smallest absolute Gasteiger partial charge is 0.405 e. The number of allylic oxidation sites excluding steroid dienone is 3. The van der Waals surface area contributed by atoms with Crippen LogP contribution in [0.25, 0.3) is 0 Å². The number of hydrogen-bond donors (Lipinski definition) is 4. The first kappa shape index (κ1) is 32.5. The van der Waals surface area contributed by atoms with E-state index in [0.29, 0.717) is 11.1 Å². The van der Waals surface area contributed by atoms with Gasteiger partial charge in [-0.2, -0.15) is 0 Å². The van der Waals surface area contributed by atoms with E-state index in [4.69, 9.17) is 19.9 Å². The summed E-state index contributed by atoms with van der Waals surface area (Å²) < 4.78 is 16.9. The molecular weight excluding hydrogens is 500 g/mol. The monoisotopic (exact) mass is 546 g/mol. The molecule has 9 heteroatoms. The lowest BCUT2D eigenvalue weighted by Gasteiger charge is -2.35. The molecule has 0 saturated heterocycles. The third-order valence-electron chi connectivity index (χ3n) is 7.94. The summed E-state index contributed by atoms with van der Waals surface area (Å²) in [6, 6.07) is 0. The van der Waals surface area contributed by atoms with Gasteiger partial charge in [-0.25, -0.2) is 4.79 Å². The largest absolute Gasteiger partial charge is 0.439 e. The molecule has 0 aromatic rings. The average Bonchev–Trinajstić information content (AvgIpc) is 2.86. The van der Waals surface area contributed by atoms with Gasteiger partial charge in [-0.1, -0.05) is 52.0 Å². The Balaban J connectivity index is 2.57. The van der Waals surface area contributed by atoms with E-state index in [0.717, 1.165) is 12.0 Å². The Hall–Kier alpha value is -2.72. The highest BCUT2D eigenvalue weighted by Crippen LogP contribution is 2.34. The van der Waals surface area contributed by atoms with Crippen LogP contribution in [-0.2, 0) is 19.0 Å². The number of aliphatic hydroxyl groups is 2. The Kier molecular flexibility index (Phi) is 12.2. The summed E-state index contributed by atoms with van der Waals surface area (Å²) in [5.74, 6) is 0.217. The zero-order valence-electron chi connectivity index (χ0n) is 24.4. The lowest BCUT2D eigenvalue weighted by Crippen LogP contribution is -2.40. The fourth-order valence-corrected chi connectivity index (χ4v) is 5.41. The van der Waals surface area contributed by atoms with Crippen LogP contribution in [0.1, 0.15) is 48.0 Å². The maximum atomic E-state index is 12.9. The van der Waals surface area contributed by atoms with Gasteiger partial charge in [0.1, 0.15) is 12.2 Å². The zero-order chi connectivity index (χ0) is 29.4. The van der Waals surface area contributed by atoms with Gasteiger partial charge in [-0.15, -0.1) is 0 Å². The van der Waals surface area contributed by atoms with Crippen LogP contribution in [-0.4, -0.2) is 67.0 Å². The molecule has 1 aliphatic carbocycles. The van der Waals surface area contributed by atoms with Gasteiger partial charge >= 0.3 is 6.09 Å². The van der Waals surface area contributed by atoms with Crippen molar-refractivity contribution in [1.29, 1.82) is 0 Å². The predicted molar refractivity (Wildman–Crippen MR) is 150 cm³/mol. The summed E-state index contributed by atoms with van der Waals surface area (Å²) in [5, 5.41) is 24.4. The molecule has 0 aromatic heterocycles. The van der Waals surface area contributed by atoms with Crippen molar-refractivity contribution in [2.75, 3.05) is 14.2 Å². The lowest BCUT2D eigenvalue weighted by molar-refractivity contribution is -0.117. The third-order valence-corrected chi connectivity index (χ3v) is 7.94. The fraction of sp³-hybridized carbons (Fsp3) is 0.600. The number of aliphatic hydroxyl groups excluding tert-OH is 2. The second-order valence-corrected chi connectivity index (χ2v) is 10.9. The number of rotatable bonds is 3. The van der Waals surface area contributed by atoms with Crippen LogP contribution >= 0.6 is 0 Å². The molecule has 9 atom stereocenters. The van der Waals surface area contributed by atoms with Crippen LogP contribution < -0.4 is 11.1 Å². The standard InChI is InChI=1S/C30H46N2O7/c1-16-10-9-11-25(37-7)28(39-30(31)36)20(5)13-18(3)21(6)17(2)12-19(4)27(38-8)23-14-22(33)15-24(26(23)34)32-29(16)35/h9-11,13-15,17-19,21-22,25-28,33-34H,12H2,1-8H3,(H2,31,36)(H,32,35)/b11-9-,16-10+,20-13+/t17-,18-,19-,21-,22?,25-,26?,27+,28-/m0/s1. The number of nitrogens with one attached hydrogen (secondary N) is 1. The molecule has 218 valence electrons. The number of nitrogens with two attached hydrogens (primary N) is 1. The van der Waals surface area contributed by atoms with Gasteiger partial charge in [0.15, 0.2) is 6.10 Å². The summed E-state index contributed by atoms with van der Waals surface area (Å²) in [5.41, 5.74) is 7.27. The second-order valence-electron chi connectivity index (χ2n) is 10.9. The van der Waals surface area contributed by atoms with Crippen molar-refractivity contribution in [1.82, 2.24) is 5.32 Å². The third kappa shape index (κ3) is 8.63. The summed E-state index contributed by atoms with van der Waals surface area (Å²) in [4.78, 5) is 24.7. The van der Waals surface area contributed by atoms with Crippen molar-refractivity contribution in [3.05, 3.63) is 58.9 Å². The van der Waals surface area contributed by atoms with Crippen LogP contribution in [0.2, 0.25) is 0 Å². The topological polar surface area (TPSA) is 140 Å². The van der Waals surface area contributed by atoms with E-state index in [9.17, 15) is 19.8 Å². The number of methoxy groups -OCH3 is 2. The normalized spacial score (nSPS) is 38.7. The number of hydrogen-bond acceptors (Lipinski definition) is 7. The number of primary amides is 1. The first-order valence-electron chi connectivity index (χ1n) is 13.5. The molecule has 0 spiro atoms. The summed E-state index contributed by atoms with van der Waals surface area (Å²) in [6.45, 7) is 12.0. The predicted octanol–water partition coefficient (Wildman–Crippen LogP) is 3.54. The summed E-state index contributed by atoms with van der Waals surface area (Å²) in [6.07, 6.45) is 5.93. The quantitative estimate of drug-likeness (QED) is 0.397. The molecular formula is C30H46N2O7. The van der Waals surface area contributed by atoms with Gasteiger partial charge in [0.25, 0.3) is 5.91 Å². The van der Waals surface area contributed by atoms with Crippen LogP contribution in [0.3, 0.4) is 0 Å². The second kappa shape index (κ2) is 14.6. The van der Waals surface area contributed by atoms with Gasteiger partial charge in [-0.05, 0) is 67.2 Å². The molecule has 2 unspecified atom stereocenters. The van der Waals surface area contributed by atoms with E-state index in [2.05, 4.69) is 39.1 Å². The highest BCUT2D eigenvalue weighted by molar-refractivity contribution is 5.94. The van der Waals surface area contributed by atoms with E-state index in [-0.39, 0.29) is 29.4 Å². The Labute approximate surface area is 232 Å². The highest BCUT2D eigenvalue weighted by atomic mass is 16.6. The van der Waals surface area contributed by atoms with Crippen molar-refractivity contribution >= 4 is 12.0 Å². The van der Waals surface area contributed by atoms with E-state index in [1.54, 1.807) is 38.3 Å². The Morgan fingerprint density at radius 3 is 2.26 bits per heavy atom. The van der Waals surface area contributed by atoms with E-state index in [1.807, 2.05) is 6.92 Å². The Morgan fingerprint density at radius 2 is 1.67 bits per heavy atom. The summed E-state index contributed by atoms with van der Waals surface area (Å²) in [7, 11) is 3.09. The van der Waals surface area contributed by atoms with Gasteiger partial charge < -0.3 is 35.5 Å². The highest BCUT2D eigenvalue weighted by Gasteiger charge is 2.34. The summed E-state index contributed by atoms with van der Waals surface area (Å²) >= 11 is 0. The van der Waals surface area contributed by atoms with Crippen LogP contribution in [0.15, 0.2) is 58.9 Å². The number of carbonyl (C=O) groups is 2. The maximum Gasteiger partial charge on any atom is 0.405 e. The first-order chi connectivity index (χ1) is 18.3. The maximum absolute atomic E-state index is 12.9. The lowest BCUT2D eigenvalue weighted by atomic mass is 9.76. The SMILES string of the molecule is CO[C@H]1/C=C\C=C(/C)C(=O)NC2=CC(O)C=C(C2O)[C@H](OC)[C@@H](C)C[C@H](C)[C@H](C)[C@@H](C)/C=C(\C)[C@@H]1OC(N)=O. The van der Waals surface area contributed by atoms with Crippen LogP contribution in [0.4, 0.5) is 4.79 Å². The van der Waals surface area contributed by atoms with Gasteiger partial charge in [0, 0.05) is 25.5 Å². The molecule has 5 N–H and O–H groups in total. The van der Waals surface area contributed by atoms with Crippen LogP contribution in [0.5, 0.6) is 0 Å².